The Balaban J connectivity index is 2.19. The van der Waals surface area contributed by atoms with E-state index in [1.165, 1.54) is 60.1 Å². The monoisotopic (exact) mass is 335 g/mol. The van der Waals surface area contributed by atoms with Crippen LogP contribution < -0.4 is 4.57 Å². The molecule has 0 bridgehead atoms. The average Bonchev–Trinajstić information content (AvgIpc) is 2.99. The summed E-state index contributed by atoms with van der Waals surface area (Å²) in [6.45, 7) is 4.46. The number of benzene rings is 3. The lowest BCUT2D eigenvalue weighted by molar-refractivity contribution is -0.643. The van der Waals surface area contributed by atoms with E-state index in [0.717, 1.165) is 0 Å². The number of nitrogens with zero attached hydrogens (tertiary/aromatic N) is 2. The van der Waals surface area contributed by atoms with Crippen LogP contribution in [-0.2, 0) is 7.05 Å². The van der Waals surface area contributed by atoms with Gasteiger partial charge in [-0.15, -0.1) is 0 Å². The minimum atomic E-state index is 1.29. The lowest BCUT2D eigenvalue weighted by Crippen LogP contribution is -2.28. The predicted octanol–water partition coefficient (Wildman–Crippen LogP) is 5.43. The molecule has 124 valence electrons. The molecule has 0 unspecified atom stereocenters. The van der Waals surface area contributed by atoms with Crippen molar-refractivity contribution in [2.45, 2.75) is 13.8 Å². The summed E-state index contributed by atoms with van der Waals surface area (Å²) in [5.74, 6) is 0. The first-order valence-electron chi connectivity index (χ1n) is 9.12. The first kappa shape index (κ1) is 14.1. The average molecular weight is 335 g/mol. The molecule has 0 saturated carbocycles. The van der Waals surface area contributed by atoms with Gasteiger partial charge in [0.15, 0.2) is 6.20 Å². The van der Waals surface area contributed by atoms with Gasteiger partial charge in [-0.05, 0) is 42.5 Å². The molecule has 6 aromatic rings. The minimum Gasteiger partial charge on any atom is -0.307 e. The summed E-state index contributed by atoms with van der Waals surface area (Å²) in [6.07, 6.45) is 2.19. The molecule has 6 rings (SSSR count). The fourth-order valence-electron chi connectivity index (χ4n) is 4.91. The molecular weight excluding hydrogens is 316 g/mol. The van der Waals surface area contributed by atoms with Gasteiger partial charge in [0.2, 0.25) is 5.52 Å². The van der Waals surface area contributed by atoms with Crippen molar-refractivity contribution in [1.82, 2.24) is 4.40 Å². The van der Waals surface area contributed by atoms with Gasteiger partial charge in [0.25, 0.3) is 0 Å². The molecule has 3 aromatic carbocycles. The smallest absolute Gasteiger partial charge is 0.224 e. The molecule has 0 aliphatic rings. The van der Waals surface area contributed by atoms with E-state index >= 15 is 0 Å². The summed E-state index contributed by atoms with van der Waals surface area (Å²) in [6, 6.07) is 20.1. The molecule has 0 saturated heterocycles. The van der Waals surface area contributed by atoms with Crippen LogP contribution in [0, 0.1) is 13.8 Å². The van der Waals surface area contributed by atoms with Crippen molar-refractivity contribution in [2.75, 3.05) is 0 Å². The van der Waals surface area contributed by atoms with E-state index in [1.54, 1.807) is 0 Å². The van der Waals surface area contributed by atoms with E-state index in [-0.39, 0.29) is 0 Å². The topological polar surface area (TPSA) is 8.29 Å². The second-order valence-electron chi connectivity index (χ2n) is 7.48. The van der Waals surface area contributed by atoms with Crippen LogP contribution in [-0.4, -0.2) is 4.40 Å². The van der Waals surface area contributed by atoms with Gasteiger partial charge < -0.3 is 4.40 Å². The molecule has 2 nitrogen and oxygen atoms in total. The van der Waals surface area contributed by atoms with Crippen molar-refractivity contribution in [3.05, 3.63) is 71.9 Å². The molecule has 0 atom stereocenters. The van der Waals surface area contributed by atoms with Crippen LogP contribution in [0.5, 0.6) is 0 Å². The molecule has 0 fully saturated rings. The van der Waals surface area contributed by atoms with Crippen molar-refractivity contribution < 1.29 is 4.57 Å². The Morgan fingerprint density at radius 2 is 1.58 bits per heavy atom. The van der Waals surface area contributed by atoms with Crippen LogP contribution in [0.2, 0.25) is 0 Å². The highest BCUT2D eigenvalue weighted by Crippen LogP contribution is 2.41. The van der Waals surface area contributed by atoms with E-state index in [0.29, 0.717) is 0 Å². The Hall–Kier alpha value is -3.13. The Labute approximate surface area is 151 Å². The highest BCUT2D eigenvalue weighted by atomic mass is 15.0. The maximum absolute atomic E-state index is 2.48. The van der Waals surface area contributed by atoms with Crippen molar-refractivity contribution in [1.29, 1.82) is 0 Å². The predicted molar refractivity (Wildman–Crippen MR) is 109 cm³/mol. The first-order valence-corrected chi connectivity index (χ1v) is 9.12. The van der Waals surface area contributed by atoms with Gasteiger partial charge in [-0.1, -0.05) is 36.4 Å². The lowest BCUT2D eigenvalue weighted by atomic mass is 9.97. The number of aryl methyl sites for hydroxylation is 3. The highest BCUT2D eigenvalue weighted by Gasteiger charge is 2.24. The summed E-state index contributed by atoms with van der Waals surface area (Å²) in [4.78, 5) is 0. The summed E-state index contributed by atoms with van der Waals surface area (Å²) in [7, 11) is 2.16. The normalized spacial score (nSPS) is 12.4. The third kappa shape index (κ3) is 1.47. The van der Waals surface area contributed by atoms with E-state index < -0.39 is 0 Å². The third-order valence-corrected chi connectivity index (χ3v) is 5.96. The second kappa shape index (κ2) is 4.53. The lowest BCUT2D eigenvalue weighted by Gasteiger charge is -2.13. The number of fused-ring (bicyclic) bond motifs is 6. The van der Waals surface area contributed by atoms with Crippen molar-refractivity contribution in [3.63, 3.8) is 0 Å². The molecule has 26 heavy (non-hydrogen) atoms. The Morgan fingerprint density at radius 1 is 0.769 bits per heavy atom. The molecule has 0 aliphatic heterocycles. The molecule has 0 aliphatic carbocycles. The van der Waals surface area contributed by atoms with Crippen LogP contribution in [0.25, 0.3) is 49.0 Å². The van der Waals surface area contributed by atoms with Crippen molar-refractivity contribution in [3.8, 4) is 0 Å². The van der Waals surface area contributed by atoms with Crippen LogP contribution >= 0.6 is 0 Å². The van der Waals surface area contributed by atoms with E-state index in [9.17, 15) is 0 Å². The van der Waals surface area contributed by atoms with Crippen LogP contribution in [0.3, 0.4) is 0 Å². The van der Waals surface area contributed by atoms with Gasteiger partial charge in [0.1, 0.15) is 7.05 Å². The third-order valence-electron chi connectivity index (χ3n) is 5.96. The number of hydrogen-bond donors (Lipinski definition) is 0. The maximum atomic E-state index is 2.48. The van der Waals surface area contributed by atoms with Crippen molar-refractivity contribution in [2.24, 2.45) is 7.05 Å². The fraction of sp³-hybridized carbons (Fsp3) is 0.125. The molecular formula is C24H19N2+. The van der Waals surface area contributed by atoms with Crippen LogP contribution in [0.4, 0.5) is 0 Å². The van der Waals surface area contributed by atoms with E-state index in [1.807, 2.05) is 0 Å². The molecule has 0 amide bonds. The van der Waals surface area contributed by atoms with E-state index in [2.05, 4.69) is 90.7 Å². The van der Waals surface area contributed by atoms with E-state index in [4.69, 9.17) is 0 Å². The zero-order valence-electron chi connectivity index (χ0n) is 15.2. The number of para-hydroxylation sites is 1. The molecule has 0 N–H and O–H groups in total. The van der Waals surface area contributed by atoms with Gasteiger partial charge in [0, 0.05) is 16.8 Å². The molecule has 3 heterocycles. The standard InChI is InChI=1S/C24H19N2/c1-14-7-6-10-19-21(14)23-22-16(11-12-25(23)3)13-15(2)20-17-8-4-5-9-18(17)26(19)24(20)22/h4-13H,1-3H3/q+1. The van der Waals surface area contributed by atoms with Gasteiger partial charge in [-0.2, -0.15) is 0 Å². The number of rotatable bonds is 0. The number of pyridine rings is 2. The maximum Gasteiger partial charge on any atom is 0.224 e. The molecule has 3 aromatic heterocycles. The minimum absolute atomic E-state index is 1.29. The Morgan fingerprint density at radius 3 is 2.46 bits per heavy atom. The Bertz CT molecular complexity index is 1500. The summed E-state index contributed by atoms with van der Waals surface area (Å²) in [5, 5.41) is 6.76. The highest BCUT2D eigenvalue weighted by molar-refractivity contribution is 6.28. The SMILES string of the molecule is Cc1cc2cc[n+](C)c3c4c(C)cccc4n4c5ccccc5c1c4c23. The largest absolute Gasteiger partial charge is 0.307 e. The number of aromatic nitrogens is 2. The van der Waals surface area contributed by atoms with Gasteiger partial charge in [-0.3, -0.25) is 0 Å². The zero-order chi connectivity index (χ0) is 17.6. The Kier molecular flexibility index (Phi) is 2.45. The van der Waals surface area contributed by atoms with Gasteiger partial charge in [-0.25, -0.2) is 4.57 Å². The quantitative estimate of drug-likeness (QED) is 0.199. The van der Waals surface area contributed by atoms with Crippen LogP contribution in [0.15, 0.2) is 60.8 Å². The van der Waals surface area contributed by atoms with Crippen LogP contribution in [0.1, 0.15) is 11.1 Å². The summed E-state index contributed by atoms with van der Waals surface area (Å²) >= 11 is 0. The molecule has 0 spiro atoms. The zero-order valence-corrected chi connectivity index (χ0v) is 15.2. The van der Waals surface area contributed by atoms with Gasteiger partial charge in [0.05, 0.1) is 27.3 Å². The molecule has 0 radical (unpaired) electrons. The summed E-state index contributed by atoms with van der Waals surface area (Å²) in [5.41, 5.74) is 7.93. The number of hydrogen-bond acceptors (Lipinski definition) is 0. The van der Waals surface area contributed by atoms with Crippen molar-refractivity contribution >= 4 is 49.0 Å². The first-order chi connectivity index (χ1) is 12.7. The summed E-state index contributed by atoms with van der Waals surface area (Å²) < 4.78 is 4.76. The molecule has 2 heteroatoms. The fourth-order valence-corrected chi connectivity index (χ4v) is 4.91. The van der Waals surface area contributed by atoms with Gasteiger partial charge >= 0.3 is 0 Å². The second-order valence-corrected chi connectivity index (χ2v) is 7.48.